The van der Waals surface area contributed by atoms with E-state index in [0.29, 0.717) is 16.3 Å². The summed E-state index contributed by atoms with van der Waals surface area (Å²) in [5, 5.41) is 4.29. The highest BCUT2D eigenvalue weighted by Crippen LogP contribution is 2.33. The maximum Gasteiger partial charge on any atom is 0.435 e. The second-order valence-corrected chi connectivity index (χ2v) is 10.2. The summed E-state index contributed by atoms with van der Waals surface area (Å²) >= 11 is 5.89. The smallest absolute Gasteiger partial charge is 0.233 e. The van der Waals surface area contributed by atoms with Crippen LogP contribution in [0.5, 0.6) is 0 Å². The van der Waals surface area contributed by atoms with E-state index in [4.69, 9.17) is 11.6 Å². The van der Waals surface area contributed by atoms with Gasteiger partial charge in [-0.3, -0.25) is 0 Å². The lowest BCUT2D eigenvalue weighted by molar-refractivity contribution is -0.141. The van der Waals surface area contributed by atoms with E-state index in [-0.39, 0.29) is 10.6 Å². The minimum Gasteiger partial charge on any atom is -0.233 e. The van der Waals surface area contributed by atoms with Crippen LogP contribution in [0.4, 0.5) is 13.2 Å². The number of halogens is 4. The molecule has 0 bridgehead atoms. The highest BCUT2D eigenvalue weighted by molar-refractivity contribution is 7.89. The molecule has 0 aliphatic carbocycles. The third kappa shape index (κ3) is 5.58. The molecule has 182 valence electrons. The largest absolute Gasteiger partial charge is 0.435 e. The molecule has 1 heterocycles. The molecule has 0 aliphatic rings. The minimum absolute atomic E-state index is 0.0258. The predicted molar refractivity (Wildman–Crippen MR) is 129 cm³/mol. The van der Waals surface area contributed by atoms with Gasteiger partial charge in [0.25, 0.3) is 0 Å². The van der Waals surface area contributed by atoms with E-state index in [2.05, 4.69) is 9.82 Å². The Bertz CT molecular complexity index is 1430. The number of alkyl halides is 3. The van der Waals surface area contributed by atoms with Gasteiger partial charge in [-0.25, -0.2) is 17.8 Å². The third-order valence-corrected chi connectivity index (χ3v) is 7.25. The van der Waals surface area contributed by atoms with Crippen LogP contribution >= 0.6 is 11.6 Å². The van der Waals surface area contributed by atoms with Crippen LogP contribution in [0, 0.1) is 6.92 Å². The second-order valence-electron chi connectivity index (χ2n) is 8.08. The van der Waals surface area contributed by atoms with Gasteiger partial charge in [-0.05, 0) is 61.9 Å². The van der Waals surface area contributed by atoms with Crippen molar-refractivity contribution in [3.8, 4) is 16.9 Å². The van der Waals surface area contributed by atoms with Crippen LogP contribution in [0.1, 0.15) is 29.8 Å². The Morgan fingerprint density at radius 1 is 0.943 bits per heavy atom. The van der Waals surface area contributed by atoms with E-state index >= 15 is 0 Å². The first-order valence-electron chi connectivity index (χ1n) is 10.6. The number of sulfonamides is 1. The van der Waals surface area contributed by atoms with Gasteiger partial charge in [-0.2, -0.15) is 18.3 Å². The topological polar surface area (TPSA) is 64.0 Å². The molecule has 0 saturated heterocycles. The van der Waals surface area contributed by atoms with E-state index in [1.807, 2.05) is 6.92 Å². The number of nitrogens with zero attached hydrogens (tertiary/aromatic N) is 2. The van der Waals surface area contributed by atoms with Crippen LogP contribution in [0.15, 0.2) is 83.8 Å². The zero-order valence-electron chi connectivity index (χ0n) is 18.7. The summed E-state index contributed by atoms with van der Waals surface area (Å²) < 4.78 is 69.7. The molecular formula is C25H21ClF3N3O2S. The molecule has 4 aromatic rings. The number of nitrogens with one attached hydrogen (secondary N) is 1. The molecule has 35 heavy (non-hydrogen) atoms. The zero-order chi connectivity index (χ0) is 25.4. The Morgan fingerprint density at radius 2 is 1.54 bits per heavy atom. The predicted octanol–water partition coefficient (Wildman–Crippen LogP) is 6.56. The average molecular weight is 520 g/mol. The molecule has 0 aliphatic heterocycles. The van der Waals surface area contributed by atoms with E-state index < -0.39 is 27.9 Å². The van der Waals surface area contributed by atoms with Crippen molar-refractivity contribution in [3.05, 3.63) is 101 Å². The highest BCUT2D eigenvalue weighted by Gasteiger charge is 2.35. The molecule has 0 radical (unpaired) electrons. The van der Waals surface area contributed by atoms with Crippen molar-refractivity contribution in [2.45, 2.75) is 31.0 Å². The Hall–Kier alpha value is -3.14. The molecule has 0 spiro atoms. The van der Waals surface area contributed by atoms with Gasteiger partial charge in [0.1, 0.15) is 0 Å². The molecule has 10 heteroatoms. The summed E-state index contributed by atoms with van der Waals surface area (Å²) in [7, 11) is -3.89. The maximum absolute atomic E-state index is 13.4. The molecular weight excluding hydrogens is 499 g/mol. The fourth-order valence-electron chi connectivity index (χ4n) is 3.53. The first-order chi connectivity index (χ1) is 16.4. The van der Waals surface area contributed by atoms with Crippen LogP contribution in [-0.4, -0.2) is 18.2 Å². The zero-order valence-corrected chi connectivity index (χ0v) is 20.3. The molecule has 0 fully saturated rings. The third-order valence-electron chi connectivity index (χ3n) is 5.44. The Balaban J connectivity index is 1.65. The van der Waals surface area contributed by atoms with Crippen LogP contribution < -0.4 is 4.72 Å². The van der Waals surface area contributed by atoms with Gasteiger partial charge >= 0.3 is 6.18 Å². The Kier molecular flexibility index (Phi) is 6.77. The van der Waals surface area contributed by atoms with Gasteiger partial charge in [0.05, 0.1) is 16.3 Å². The number of hydrogen-bond donors (Lipinski definition) is 1. The van der Waals surface area contributed by atoms with Gasteiger partial charge in [0.2, 0.25) is 10.0 Å². The highest BCUT2D eigenvalue weighted by atomic mass is 35.5. The molecule has 1 unspecified atom stereocenters. The minimum atomic E-state index is -4.63. The summed E-state index contributed by atoms with van der Waals surface area (Å²) in [6.45, 7) is 3.58. The number of rotatable bonds is 6. The lowest BCUT2D eigenvalue weighted by atomic mass is 10.1. The first kappa shape index (κ1) is 25.0. The van der Waals surface area contributed by atoms with Crippen molar-refractivity contribution >= 4 is 21.6 Å². The van der Waals surface area contributed by atoms with E-state index in [1.54, 1.807) is 55.5 Å². The fraction of sp³-hybridized carbons (Fsp3) is 0.160. The average Bonchev–Trinajstić information content (AvgIpc) is 3.26. The standard InChI is InChI=1S/C25H21ClF3N3O2S/c1-16-3-5-19(6-4-16)23-15-24(25(27,28)29)30-32(23)21-11-13-22(14-12-21)35(33,34)31-17(2)18-7-9-20(26)10-8-18/h3-15,17,31H,1-2H3. The van der Waals surface area contributed by atoms with E-state index in [0.717, 1.165) is 21.9 Å². The van der Waals surface area contributed by atoms with Crippen LogP contribution in [-0.2, 0) is 16.2 Å². The molecule has 0 saturated carbocycles. The second kappa shape index (κ2) is 9.49. The monoisotopic (exact) mass is 519 g/mol. The van der Waals surface area contributed by atoms with Crippen molar-refractivity contribution in [1.29, 1.82) is 0 Å². The van der Waals surface area contributed by atoms with Crippen molar-refractivity contribution in [1.82, 2.24) is 14.5 Å². The van der Waals surface area contributed by atoms with Crippen molar-refractivity contribution in [2.75, 3.05) is 0 Å². The Morgan fingerprint density at radius 3 is 2.11 bits per heavy atom. The van der Waals surface area contributed by atoms with E-state index in [1.165, 1.54) is 24.3 Å². The number of aromatic nitrogens is 2. The molecule has 1 aromatic heterocycles. The van der Waals surface area contributed by atoms with Gasteiger partial charge in [-0.1, -0.05) is 53.6 Å². The summed E-state index contributed by atoms with van der Waals surface area (Å²) in [5.74, 6) is 0. The van der Waals surface area contributed by atoms with Gasteiger partial charge < -0.3 is 0 Å². The van der Waals surface area contributed by atoms with Crippen molar-refractivity contribution < 1.29 is 21.6 Å². The lowest BCUT2D eigenvalue weighted by Gasteiger charge is -2.15. The molecule has 3 aromatic carbocycles. The van der Waals surface area contributed by atoms with Gasteiger partial charge in [-0.15, -0.1) is 0 Å². The number of hydrogen-bond acceptors (Lipinski definition) is 3. The number of benzene rings is 3. The van der Waals surface area contributed by atoms with Crippen molar-refractivity contribution in [3.63, 3.8) is 0 Å². The quantitative estimate of drug-likeness (QED) is 0.314. The SMILES string of the molecule is Cc1ccc(-c2cc(C(F)(F)F)nn2-c2ccc(S(=O)(=O)NC(C)c3ccc(Cl)cc3)cc2)cc1. The molecule has 0 amide bonds. The molecule has 5 nitrogen and oxygen atoms in total. The first-order valence-corrected chi connectivity index (χ1v) is 12.4. The van der Waals surface area contributed by atoms with Crippen LogP contribution in [0.25, 0.3) is 16.9 Å². The summed E-state index contributed by atoms with van der Waals surface area (Å²) in [6, 6.07) is 19.8. The Labute approximate surface area is 206 Å². The maximum atomic E-state index is 13.4. The number of aryl methyl sites for hydroxylation is 1. The summed E-state index contributed by atoms with van der Waals surface area (Å²) in [4.78, 5) is -0.0258. The van der Waals surface area contributed by atoms with Crippen molar-refractivity contribution in [2.24, 2.45) is 0 Å². The fourth-order valence-corrected chi connectivity index (χ4v) is 4.89. The summed E-state index contributed by atoms with van der Waals surface area (Å²) in [5.41, 5.74) is 1.74. The molecule has 4 rings (SSSR count). The summed E-state index contributed by atoms with van der Waals surface area (Å²) in [6.07, 6.45) is -4.63. The normalized spacial score (nSPS) is 13.1. The van der Waals surface area contributed by atoms with Gasteiger partial charge in [0, 0.05) is 16.6 Å². The van der Waals surface area contributed by atoms with Crippen LogP contribution in [0.2, 0.25) is 5.02 Å². The lowest BCUT2D eigenvalue weighted by Crippen LogP contribution is -2.26. The van der Waals surface area contributed by atoms with E-state index in [9.17, 15) is 21.6 Å². The van der Waals surface area contributed by atoms with Gasteiger partial charge in [0.15, 0.2) is 5.69 Å². The molecule has 1 atom stereocenters. The van der Waals surface area contributed by atoms with Crippen LogP contribution in [0.3, 0.4) is 0 Å². The molecule has 1 N–H and O–H groups in total.